The molecule has 0 radical (unpaired) electrons. The summed E-state index contributed by atoms with van der Waals surface area (Å²) in [6.07, 6.45) is 0. The van der Waals surface area contributed by atoms with Crippen LogP contribution in [0.1, 0.15) is 22.3 Å². The average Bonchev–Trinajstić information content (AvgIpc) is 3.27. The van der Waals surface area contributed by atoms with E-state index in [4.69, 9.17) is 9.15 Å². The lowest BCUT2D eigenvalue weighted by Crippen LogP contribution is -2.41. The summed E-state index contributed by atoms with van der Waals surface area (Å²) >= 11 is 0. The van der Waals surface area contributed by atoms with Crippen LogP contribution < -0.4 is 21.3 Å². The largest absolute Gasteiger partial charge is 0.497 e. The van der Waals surface area contributed by atoms with Crippen LogP contribution in [0.5, 0.6) is 5.75 Å². The number of carbonyl (C=O) groups is 1. The number of aromatic nitrogens is 2. The number of anilines is 1. The van der Waals surface area contributed by atoms with Crippen LogP contribution in [-0.2, 0) is 17.9 Å². The van der Waals surface area contributed by atoms with Gasteiger partial charge in [-0.15, -0.1) is 0 Å². The first-order valence-electron chi connectivity index (χ1n) is 11.9. The number of para-hydroxylation sites is 1. The lowest BCUT2D eigenvalue weighted by molar-refractivity contribution is -0.116. The second kappa shape index (κ2) is 9.46. The van der Waals surface area contributed by atoms with Crippen molar-refractivity contribution < 1.29 is 13.9 Å². The molecule has 0 bridgehead atoms. The van der Waals surface area contributed by atoms with Crippen molar-refractivity contribution in [2.24, 2.45) is 0 Å². The van der Waals surface area contributed by atoms with Gasteiger partial charge in [0.05, 0.1) is 13.7 Å². The molecule has 0 spiro atoms. The molecule has 5 aromatic rings. The van der Waals surface area contributed by atoms with Crippen molar-refractivity contribution in [3.05, 3.63) is 104 Å². The molecule has 0 aliphatic heterocycles. The van der Waals surface area contributed by atoms with Crippen LogP contribution in [0, 0.1) is 20.8 Å². The predicted molar refractivity (Wildman–Crippen MR) is 144 cm³/mol. The van der Waals surface area contributed by atoms with Crippen LogP contribution in [0.25, 0.3) is 22.1 Å². The zero-order chi connectivity index (χ0) is 26.3. The number of benzene rings is 3. The number of nitrogens with zero attached hydrogens (tertiary/aromatic N) is 2. The molecule has 0 unspecified atom stereocenters. The molecule has 5 rings (SSSR count). The Morgan fingerprint density at radius 1 is 0.946 bits per heavy atom. The molecule has 0 atom stereocenters. The number of fused-ring (bicyclic) bond motifs is 3. The Bertz CT molecular complexity index is 1750. The maximum Gasteiger partial charge on any atom is 0.332 e. The van der Waals surface area contributed by atoms with E-state index < -0.39 is 11.2 Å². The summed E-state index contributed by atoms with van der Waals surface area (Å²) in [5.74, 6) is 0.290. The molecule has 1 N–H and O–H groups in total. The van der Waals surface area contributed by atoms with Crippen molar-refractivity contribution in [1.82, 2.24) is 9.13 Å². The molecule has 8 heteroatoms. The minimum Gasteiger partial charge on any atom is -0.497 e. The van der Waals surface area contributed by atoms with Crippen LogP contribution in [0.4, 0.5) is 5.69 Å². The van der Waals surface area contributed by atoms with Gasteiger partial charge in [-0.3, -0.25) is 18.7 Å². The second-order valence-electron chi connectivity index (χ2n) is 9.21. The van der Waals surface area contributed by atoms with Gasteiger partial charge in [0.1, 0.15) is 23.4 Å². The predicted octanol–water partition coefficient (Wildman–Crippen LogP) is 4.53. The first kappa shape index (κ1) is 24.1. The molecule has 0 saturated heterocycles. The van der Waals surface area contributed by atoms with E-state index in [-0.39, 0.29) is 24.6 Å². The lowest BCUT2D eigenvalue weighted by Gasteiger charge is -2.15. The molecule has 37 heavy (non-hydrogen) atoms. The molecule has 0 saturated carbocycles. The number of methoxy groups -OCH3 is 1. The summed E-state index contributed by atoms with van der Waals surface area (Å²) in [5, 5.41) is 3.55. The van der Waals surface area contributed by atoms with E-state index in [2.05, 4.69) is 5.32 Å². The number of carbonyl (C=O) groups excluding carboxylic acids is 1. The molecule has 0 fully saturated rings. The minimum absolute atomic E-state index is 0.0203. The number of hydrogen-bond donors (Lipinski definition) is 1. The number of nitrogens with one attached hydrogen (secondary N) is 1. The molecular formula is C29H27N3O5. The highest BCUT2D eigenvalue weighted by molar-refractivity contribution is 6.03. The van der Waals surface area contributed by atoms with Gasteiger partial charge in [-0.2, -0.15) is 0 Å². The molecule has 0 aliphatic rings. The van der Waals surface area contributed by atoms with Gasteiger partial charge in [0.25, 0.3) is 5.56 Å². The molecule has 0 aliphatic carbocycles. The Morgan fingerprint density at radius 3 is 2.30 bits per heavy atom. The number of rotatable bonds is 6. The van der Waals surface area contributed by atoms with Crippen molar-refractivity contribution in [2.75, 3.05) is 12.4 Å². The second-order valence-corrected chi connectivity index (χ2v) is 9.21. The quantitative estimate of drug-likeness (QED) is 0.372. The fourth-order valence-electron chi connectivity index (χ4n) is 4.79. The van der Waals surface area contributed by atoms with E-state index in [0.717, 1.165) is 26.8 Å². The topological polar surface area (TPSA) is 95.5 Å². The summed E-state index contributed by atoms with van der Waals surface area (Å²) in [4.78, 5) is 40.4. The molecule has 3 aromatic carbocycles. The van der Waals surface area contributed by atoms with E-state index in [9.17, 15) is 14.4 Å². The monoisotopic (exact) mass is 497 g/mol. The summed E-state index contributed by atoms with van der Waals surface area (Å²) in [6.45, 7) is 5.59. The number of ether oxygens (including phenoxy) is 1. The molecular weight excluding hydrogens is 470 g/mol. The smallest absolute Gasteiger partial charge is 0.332 e. The number of hydrogen-bond acceptors (Lipinski definition) is 5. The lowest BCUT2D eigenvalue weighted by atomic mass is 10.1. The first-order valence-corrected chi connectivity index (χ1v) is 11.9. The third-order valence-corrected chi connectivity index (χ3v) is 6.48. The van der Waals surface area contributed by atoms with E-state index >= 15 is 0 Å². The van der Waals surface area contributed by atoms with Crippen LogP contribution in [-0.4, -0.2) is 22.2 Å². The van der Waals surface area contributed by atoms with Crippen molar-refractivity contribution >= 4 is 33.7 Å². The highest BCUT2D eigenvalue weighted by Crippen LogP contribution is 2.26. The third-order valence-electron chi connectivity index (χ3n) is 6.48. The maximum absolute atomic E-state index is 13.7. The van der Waals surface area contributed by atoms with Gasteiger partial charge in [-0.05, 0) is 61.7 Å². The van der Waals surface area contributed by atoms with Crippen molar-refractivity contribution in [1.29, 1.82) is 0 Å². The number of amides is 1. The Balaban J connectivity index is 1.63. The standard InChI is InChI=1S/C29H27N3O5/c1-17-13-18(2)25(19(3)14-17)30-24(33)16-31-26-22-7-5-6-8-23(22)37-27(26)28(34)32(29(31)35)15-20-9-11-21(36-4)12-10-20/h5-14H,15-16H2,1-4H3,(H,30,33). The summed E-state index contributed by atoms with van der Waals surface area (Å²) in [7, 11) is 1.57. The summed E-state index contributed by atoms with van der Waals surface area (Å²) in [6, 6.07) is 18.2. The Kier molecular flexibility index (Phi) is 6.17. The van der Waals surface area contributed by atoms with Crippen LogP contribution in [0.15, 0.2) is 74.7 Å². The van der Waals surface area contributed by atoms with E-state index in [1.165, 1.54) is 4.57 Å². The van der Waals surface area contributed by atoms with Gasteiger partial charge in [0.15, 0.2) is 0 Å². The molecule has 2 aromatic heterocycles. The number of furan rings is 1. The Hall–Kier alpha value is -4.59. The summed E-state index contributed by atoms with van der Waals surface area (Å²) < 4.78 is 13.5. The minimum atomic E-state index is -0.590. The van der Waals surface area contributed by atoms with Crippen molar-refractivity contribution in [2.45, 2.75) is 33.9 Å². The SMILES string of the molecule is COc1ccc(Cn2c(=O)c3oc4ccccc4c3n(CC(=O)Nc3c(C)cc(C)cc3C)c2=O)cc1. The normalized spacial score (nSPS) is 11.2. The highest BCUT2D eigenvalue weighted by Gasteiger charge is 2.22. The van der Waals surface area contributed by atoms with E-state index in [0.29, 0.717) is 27.9 Å². The molecule has 1 amide bonds. The highest BCUT2D eigenvalue weighted by atomic mass is 16.5. The van der Waals surface area contributed by atoms with Crippen molar-refractivity contribution in [3.63, 3.8) is 0 Å². The van der Waals surface area contributed by atoms with Crippen LogP contribution in [0.3, 0.4) is 0 Å². The van der Waals surface area contributed by atoms with Gasteiger partial charge in [-0.1, -0.05) is 42.0 Å². The van der Waals surface area contributed by atoms with Crippen LogP contribution >= 0.6 is 0 Å². The van der Waals surface area contributed by atoms with Crippen LogP contribution in [0.2, 0.25) is 0 Å². The van der Waals surface area contributed by atoms with Gasteiger partial charge < -0.3 is 14.5 Å². The van der Waals surface area contributed by atoms with Gasteiger partial charge in [0, 0.05) is 11.1 Å². The third kappa shape index (κ3) is 4.42. The average molecular weight is 498 g/mol. The molecule has 8 nitrogen and oxygen atoms in total. The number of aryl methyl sites for hydroxylation is 3. The fraction of sp³-hybridized carbons (Fsp3) is 0.207. The fourth-order valence-corrected chi connectivity index (χ4v) is 4.79. The van der Waals surface area contributed by atoms with Gasteiger partial charge in [-0.25, -0.2) is 4.79 Å². The maximum atomic E-state index is 13.7. The summed E-state index contributed by atoms with van der Waals surface area (Å²) in [5.41, 5.74) is 4.08. The zero-order valence-corrected chi connectivity index (χ0v) is 21.1. The Morgan fingerprint density at radius 2 is 1.62 bits per heavy atom. The molecule has 2 heterocycles. The van der Waals surface area contributed by atoms with E-state index in [1.54, 1.807) is 55.6 Å². The molecule has 188 valence electrons. The van der Waals surface area contributed by atoms with Gasteiger partial charge in [0.2, 0.25) is 11.5 Å². The van der Waals surface area contributed by atoms with Crippen molar-refractivity contribution in [3.8, 4) is 5.75 Å². The Labute approximate surface area is 212 Å². The first-order chi connectivity index (χ1) is 17.8. The zero-order valence-electron chi connectivity index (χ0n) is 21.1. The van der Waals surface area contributed by atoms with Gasteiger partial charge >= 0.3 is 5.69 Å². The van der Waals surface area contributed by atoms with E-state index in [1.807, 2.05) is 32.9 Å².